The quantitative estimate of drug-likeness (QED) is 0.592. The van der Waals surface area contributed by atoms with E-state index in [1.807, 2.05) is 81.4 Å². The Kier molecular flexibility index (Phi) is 5.65. The number of hydrogen-bond donors (Lipinski definition) is 1. The van der Waals surface area contributed by atoms with Crippen LogP contribution in [0.1, 0.15) is 42.0 Å². The third-order valence-electron chi connectivity index (χ3n) is 5.79. The van der Waals surface area contributed by atoms with Crippen LogP contribution >= 0.6 is 0 Å². The van der Waals surface area contributed by atoms with E-state index in [2.05, 4.69) is 5.32 Å². The number of amides is 1. The predicted molar refractivity (Wildman–Crippen MR) is 130 cm³/mol. The number of carbonyl (C=O) groups is 1. The fraction of sp³-hybridized carbons (Fsp3) is 0.192. The first-order valence-corrected chi connectivity index (χ1v) is 12.0. The SMILES string of the molecule is Cc1cccc(C(C)C)c1NC(=O)C1=C(c2ccccc2)c2ccccc2N(C)S1(=O)=O. The van der Waals surface area contributed by atoms with Crippen LogP contribution in [-0.2, 0) is 14.8 Å². The van der Waals surface area contributed by atoms with E-state index in [9.17, 15) is 13.2 Å². The number of carbonyl (C=O) groups excluding carboxylic acids is 1. The zero-order valence-electron chi connectivity index (χ0n) is 18.6. The van der Waals surface area contributed by atoms with Crippen LogP contribution in [0.2, 0.25) is 0 Å². The number of benzene rings is 3. The van der Waals surface area contributed by atoms with Crippen molar-refractivity contribution in [1.29, 1.82) is 0 Å². The molecule has 0 saturated heterocycles. The van der Waals surface area contributed by atoms with Crippen molar-refractivity contribution >= 4 is 32.9 Å². The van der Waals surface area contributed by atoms with Crippen LogP contribution in [0.15, 0.2) is 77.7 Å². The van der Waals surface area contributed by atoms with Crippen molar-refractivity contribution in [2.24, 2.45) is 0 Å². The van der Waals surface area contributed by atoms with Crippen molar-refractivity contribution in [1.82, 2.24) is 0 Å². The number of nitrogens with zero attached hydrogens (tertiary/aromatic N) is 1. The van der Waals surface area contributed by atoms with E-state index < -0.39 is 15.9 Å². The Hall–Kier alpha value is -3.38. The molecule has 1 heterocycles. The van der Waals surface area contributed by atoms with Gasteiger partial charge in [0.25, 0.3) is 15.9 Å². The summed E-state index contributed by atoms with van der Waals surface area (Å²) in [4.78, 5) is 13.4. The summed E-state index contributed by atoms with van der Waals surface area (Å²) >= 11 is 0. The summed E-state index contributed by atoms with van der Waals surface area (Å²) in [7, 11) is -2.59. The molecule has 1 N–H and O–H groups in total. The first-order chi connectivity index (χ1) is 15.2. The molecule has 0 aliphatic carbocycles. The lowest BCUT2D eigenvalue weighted by molar-refractivity contribution is -0.112. The molecule has 164 valence electrons. The summed E-state index contributed by atoms with van der Waals surface area (Å²) in [5.74, 6) is -0.472. The molecule has 1 aliphatic heterocycles. The molecule has 4 rings (SSSR count). The van der Waals surface area contributed by atoms with Gasteiger partial charge >= 0.3 is 0 Å². The smallest absolute Gasteiger partial charge is 0.270 e. The van der Waals surface area contributed by atoms with Crippen LogP contribution in [0.5, 0.6) is 0 Å². The normalized spacial score (nSPS) is 15.0. The lowest BCUT2D eigenvalue weighted by Crippen LogP contribution is -2.37. The molecular weight excluding hydrogens is 420 g/mol. The molecular formula is C26H26N2O3S. The van der Waals surface area contributed by atoms with Gasteiger partial charge in [-0.15, -0.1) is 0 Å². The van der Waals surface area contributed by atoms with Crippen molar-refractivity contribution in [3.05, 3.63) is 100.0 Å². The highest BCUT2D eigenvalue weighted by Gasteiger charge is 2.39. The highest BCUT2D eigenvalue weighted by Crippen LogP contribution is 2.42. The first-order valence-electron chi connectivity index (χ1n) is 10.5. The second-order valence-corrected chi connectivity index (χ2v) is 10.1. The van der Waals surface area contributed by atoms with Gasteiger partial charge in [-0.2, -0.15) is 0 Å². The standard InChI is InChI=1S/C26H26N2O3S/c1-17(2)20-15-10-11-18(3)24(20)27-26(29)25-23(19-12-6-5-7-13-19)21-14-8-9-16-22(21)28(4)32(25,30)31/h5-17H,1-4H3,(H,27,29). The Balaban J connectivity index is 1.98. The molecule has 0 atom stereocenters. The second kappa shape index (κ2) is 8.28. The minimum atomic E-state index is -4.08. The van der Waals surface area contributed by atoms with Crippen molar-refractivity contribution in [3.63, 3.8) is 0 Å². The van der Waals surface area contributed by atoms with E-state index in [0.717, 1.165) is 11.1 Å². The van der Waals surface area contributed by atoms with E-state index >= 15 is 0 Å². The van der Waals surface area contributed by atoms with Crippen LogP contribution in [-0.4, -0.2) is 21.4 Å². The van der Waals surface area contributed by atoms with Crippen molar-refractivity contribution in [2.45, 2.75) is 26.7 Å². The third kappa shape index (κ3) is 3.60. The van der Waals surface area contributed by atoms with E-state index in [0.29, 0.717) is 28.1 Å². The summed E-state index contributed by atoms with van der Waals surface area (Å²) in [5, 5.41) is 2.93. The monoisotopic (exact) mass is 446 g/mol. The van der Waals surface area contributed by atoms with Crippen molar-refractivity contribution in [3.8, 4) is 0 Å². The molecule has 0 unspecified atom stereocenters. The average molecular weight is 447 g/mol. The molecule has 0 aromatic heterocycles. The molecule has 0 radical (unpaired) electrons. The van der Waals surface area contributed by atoms with Gasteiger partial charge in [0, 0.05) is 23.9 Å². The van der Waals surface area contributed by atoms with Gasteiger partial charge in [0.05, 0.1) is 5.69 Å². The summed E-state index contributed by atoms with van der Waals surface area (Å²) in [6.07, 6.45) is 0. The summed E-state index contributed by atoms with van der Waals surface area (Å²) in [5.41, 5.74) is 4.84. The van der Waals surface area contributed by atoms with Crippen LogP contribution < -0.4 is 9.62 Å². The maximum absolute atomic E-state index is 13.7. The average Bonchev–Trinajstić information content (AvgIpc) is 2.77. The van der Waals surface area contributed by atoms with E-state index in [1.165, 1.54) is 11.4 Å². The Morgan fingerprint density at radius 2 is 1.56 bits per heavy atom. The molecule has 0 fully saturated rings. The molecule has 0 saturated carbocycles. The molecule has 1 amide bonds. The topological polar surface area (TPSA) is 66.5 Å². The molecule has 3 aromatic carbocycles. The number of nitrogens with one attached hydrogen (secondary N) is 1. The molecule has 6 heteroatoms. The van der Waals surface area contributed by atoms with Crippen LogP contribution in [0.25, 0.3) is 5.57 Å². The number of rotatable bonds is 4. The van der Waals surface area contributed by atoms with Gasteiger partial charge in [-0.05, 0) is 35.6 Å². The fourth-order valence-corrected chi connectivity index (χ4v) is 5.58. The van der Waals surface area contributed by atoms with Gasteiger partial charge in [0.2, 0.25) is 0 Å². The third-order valence-corrected chi connectivity index (χ3v) is 7.62. The Morgan fingerprint density at radius 1 is 0.906 bits per heavy atom. The van der Waals surface area contributed by atoms with E-state index in [4.69, 9.17) is 0 Å². The van der Waals surface area contributed by atoms with Gasteiger partial charge in [-0.3, -0.25) is 9.10 Å². The minimum Gasteiger partial charge on any atom is -0.321 e. The van der Waals surface area contributed by atoms with E-state index in [1.54, 1.807) is 12.1 Å². The van der Waals surface area contributed by atoms with Gasteiger partial charge in [-0.25, -0.2) is 8.42 Å². The molecule has 0 spiro atoms. The van der Waals surface area contributed by atoms with Crippen molar-refractivity contribution in [2.75, 3.05) is 16.7 Å². The van der Waals surface area contributed by atoms with Crippen molar-refractivity contribution < 1.29 is 13.2 Å². The molecule has 5 nitrogen and oxygen atoms in total. The predicted octanol–water partition coefficient (Wildman–Crippen LogP) is 5.30. The maximum Gasteiger partial charge on any atom is 0.270 e. The van der Waals surface area contributed by atoms with Crippen LogP contribution in [0.3, 0.4) is 0 Å². The minimum absolute atomic E-state index is 0.166. The summed E-state index contributed by atoms with van der Waals surface area (Å²) in [6, 6.07) is 22.2. The van der Waals surface area contributed by atoms with Gasteiger partial charge in [-0.1, -0.05) is 80.6 Å². The Morgan fingerprint density at radius 3 is 2.25 bits per heavy atom. The maximum atomic E-state index is 13.7. The van der Waals surface area contributed by atoms with Gasteiger partial charge in [0.1, 0.15) is 0 Å². The number of hydrogen-bond acceptors (Lipinski definition) is 3. The molecule has 3 aromatic rings. The number of fused-ring (bicyclic) bond motifs is 1. The number of anilines is 2. The Bertz CT molecular complexity index is 1330. The fourth-order valence-electron chi connectivity index (χ4n) is 4.11. The van der Waals surface area contributed by atoms with Crippen LogP contribution in [0.4, 0.5) is 11.4 Å². The largest absolute Gasteiger partial charge is 0.321 e. The molecule has 32 heavy (non-hydrogen) atoms. The molecule has 1 aliphatic rings. The summed E-state index contributed by atoms with van der Waals surface area (Å²) in [6.45, 7) is 5.99. The first kappa shape index (κ1) is 21.8. The highest BCUT2D eigenvalue weighted by atomic mass is 32.2. The molecule has 0 bridgehead atoms. The van der Waals surface area contributed by atoms with Crippen LogP contribution in [0, 0.1) is 6.92 Å². The zero-order chi connectivity index (χ0) is 23.0. The van der Waals surface area contributed by atoms with Gasteiger partial charge < -0.3 is 5.32 Å². The zero-order valence-corrected chi connectivity index (χ0v) is 19.4. The highest BCUT2D eigenvalue weighted by molar-refractivity contribution is 7.97. The lowest BCUT2D eigenvalue weighted by atomic mass is 9.95. The number of sulfonamides is 1. The Labute approximate surface area is 189 Å². The number of para-hydroxylation sites is 2. The lowest BCUT2D eigenvalue weighted by Gasteiger charge is -2.31. The van der Waals surface area contributed by atoms with E-state index in [-0.39, 0.29) is 10.8 Å². The second-order valence-electron chi connectivity index (χ2n) is 8.21. The van der Waals surface area contributed by atoms with Gasteiger partial charge in [0.15, 0.2) is 4.91 Å². The summed E-state index contributed by atoms with van der Waals surface area (Å²) < 4.78 is 28.4. The number of aryl methyl sites for hydroxylation is 1.